The minimum absolute atomic E-state index is 0.0178. The Morgan fingerprint density at radius 2 is 1.87 bits per heavy atom. The van der Waals surface area contributed by atoms with Crippen molar-refractivity contribution in [2.45, 2.75) is 11.3 Å². The van der Waals surface area contributed by atoms with Gasteiger partial charge in [0.05, 0.1) is 28.0 Å². The van der Waals surface area contributed by atoms with Crippen molar-refractivity contribution in [1.82, 2.24) is 9.62 Å². The lowest BCUT2D eigenvalue weighted by atomic mass is 10.2. The molecule has 0 unspecified atom stereocenters. The fourth-order valence-electron chi connectivity index (χ4n) is 2.78. The van der Waals surface area contributed by atoms with Crippen LogP contribution in [0.1, 0.15) is 12.0 Å². The number of carbonyl (C=O) groups is 2. The molecule has 2 amide bonds. The molecule has 158 valence electrons. The molecular weight excluding hydrogens is 451 g/mol. The number of aliphatic imine (C=N–C) groups is 1. The smallest absolute Gasteiger partial charge is 0.263 e. The molecule has 0 radical (unpaired) electrons. The van der Waals surface area contributed by atoms with Gasteiger partial charge in [-0.05, 0) is 30.3 Å². The molecule has 0 bridgehead atoms. The zero-order chi connectivity index (χ0) is 21.9. The highest BCUT2D eigenvalue weighted by Crippen LogP contribution is 2.25. The third-order valence-electron chi connectivity index (χ3n) is 4.27. The van der Waals surface area contributed by atoms with Crippen LogP contribution in [0.5, 0.6) is 0 Å². The molecule has 1 heterocycles. The van der Waals surface area contributed by atoms with Crippen molar-refractivity contribution in [2.24, 2.45) is 4.99 Å². The summed E-state index contributed by atoms with van der Waals surface area (Å²) >= 11 is 11.7. The van der Waals surface area contributed by atoms with Crippen LogP contribution >= 0.6 is 23.2 Å². The number of amides is 2. The van der Waals surface area contributed by atoms with Gasteiger partial charge in [0.1, 0.15) is 5.84 Å². The summed E-state index contributed by atoms with van der Waals surface area (Å²) in [7, 11) is -2.12. The molecule has 0 aromatic heterocycles. The molecule has 2 aromatic rings. The van der Waals surface area contributed by atoms with Crippen LogP contribution < -0.4 is 10.0 Å². The van der Waals surface area contributed by atoms with Gasteiger partial charge in [-0.25, -0.2) is 8.42 Å². The quantitative estimate of drug-likeness (QED) is 0.678. The van der Waals surface area contributed by atoms with Gasteiger partial charge < -0.3 is 10.2 Å². The summed E-state index contributed by atoms with van der Waals surface area (Å²) < 4.78 is 26.5. The summed E-state index contributed by atoms with van der Waals surface area (Å²) in [5.74, 6) is -0.496. The largest absolute Gasteiger partial charge is 0.336 e. The average molecular weight is 469 g/mol. The summed E-state index contributed by atoms with van der Waals surface area (Å²) in [6.45, 7) is -0.0884. The van der Waals surface area contributed by atoms with E-state index in [1.54, 1.807) is 30.3 Å². The number of halogens is 2. The van der Waals surface area contributed by atoms with Gasteiger partial charge in [0, 0.05) is 24.7 Å². The van der Waals surface area contributed by atoms with E-state index in [9.17, 15) is 18.0 Å². The standard InChI is InChI=1S/C19H18Cl2N4O4S/c1-25(11-17(26)23-12-6-7-14(20)15(21)10-12)18(27)8-9-22-19-13-4-2-3-5-16(13)30(28,29)24-19/h2-7,10H,8-9,11H2,1H3,(H,22,24)(H,23,26). The lowest BCUT2D eigenvalue weighted by Gasteiger charge is -2.16. The molecule has 1 aliphatic heterocycles. The lowest BCUT2D eigenvalue weighted by Crippen LogP contribution is -2.35. The highest BCUT2D eigenvalue weighted by Gasteiger charge is 2.30. The van der Waals surface area contributed by atoms with Crippen LogP contribution in [0.2, 0.25) is 10.0 Å². The van der Waals surface area contributed by atoms with E-state index < -0.39 is 15.9 Å². The molecule has 3 rings (SSSR count). The van der Waals surface area contributed by atoms with Crippen LogP contribution in [0, 0.1) is 0 Å². The molecular formula is C19H18Cl2N4O4S. The molecule has 0 saturated carbocycles. The molecule has 0 fully saturated rings. The molecule has 8 nitrogen and oxygen atoms in total. The molecule has 0 saturated heterocycles. The first-order valence-corrected chi connectivity index (χ1v) is 11.1. The Kier molecular flexibility index (Phi) is 6.64. The first kappa shape index (κ1) is 22.1. The minimum atomic E-state index is -3.62. The average Bonchev–Trinajstić information content (AvgIpc) is 2.95. The van der Waals surface area contributed by atoms with Crippen molar-refractivity contribution in [2.75, 3.05) is 25.5 Å². The number of hydrogen-bond acceptors (Lipinski definition) is 5. The van der Waals surface area contributed by atoms with Gasteiger partial charge in [-0.1, -0.05) is 35.3 Å². The summed E-state index contributed by atoms with van der Waals surface area (Å²) in [5, 5.41) is 3.32. The number of rotatable bonds is 6. The Hall–Kier alpha value is -2.62. The van der Waals surface area contributed by atoms with Gasteiger partial charge in [0.25, 0.3) is 10.0 Å². The Balaban J connectivity index is 1.53. The second-order valence-corrected chi connectivity index (χ2v) is 8.97. The van der Waals surface area contributed by atoms with Gasteiger partial charge in [0.2, 0.25) is 11.8 Å². The highest BCUT2D eigenvalue weighted by atomic mass is 35.5. The monoisotopic (exact) mass is 468 g/mol. The van der Waals surface area contributed by atoms with Crippen LogP contribution in [-0.2, 0) is 19.6 Å². The van der Waals surface area contributed by atoms with Crippen molar-refractivity contribution in [3.8, 4) is 0 Å². The van der Waals surface area contributed by atoms with Crippen molar-refractivity contribution >= 4 is 56.6 Å². The normalized spacial score (nSPS) is 15.4. The van der Waals surface area contributed by atoms with Gasteiger partial charge in [-0.15, -0.1) is 0 Å². The van der Waals surface area contributed by atoms with Crippen molar-refractivity contribution in [3.05, 3.63) is 58.1 Å². The predicted octanol–water partition coefficient (Wildman–Crippen LogP) is 2.52. The Morgan fingerprint density at radius 3 is 2.60 bits per heavy atom. The number of amidine groups is 1. The van der Waals surface area contributed by atoms with Gasteiger partial charge in [-0.2, -0.15) is 0 Å². The zero-order valence-corrected chi connectivity index (χ0v) is 18.2. The molecule has 1 aliphatic rings. The molecule has 0 spiro atoms. The van der Waals surface area contributed by atoms with Crippen LogP contribution in [0.3, 0.4) is 0 Å². The van der Waals surface area contributed by atoms with E-state index in [2.05, 4.69) is 15.0 Å². The predicted molar refractivity (Wildman–Crippen MR) is 116 cm³/mol. The Labute approximate surface area is 183 Å². The lowest BCUT2D eigenvalue weighted by molar-refractivity contribution is -0.133. The molecule has 2 aromatic carbocycles. The Morgan fingerprint density at radius 1 is 1.13 bits per heavy atom. The summed E-state index contributed by atoms with van der Waals surface area (Å²) in [4.78, 5) is 30.0. The van der Waals surface area contributed by atoms with Crippen molar-refractivity contribution in [3.63, 3.8) is 0 Å². The fourth-order valence-corrected chi connectivity index (χ4v) is 4.33. The van der Waals surface area contributed by atoms with Crippen LogP contribution in [0.15, 0.2) is 52.4 Å². The van der Waals surface area contributed by atoms with Crippen LogP contribution in [0.25, 0.3) is 0 Å². The number of anilines is 1. The maximum Gasteiger partial charge on any atom is 0.263 e. The van der Waals surface area contributed by atoms with Crippen LogP contribution in [0.4, 0.5) is 5.69 Å². The van der Waals surface area contributed by atoms with Crippen LogP contribution in [-0.4, -0.2) is 51.1 Å². The molecule has 2 N–H and O–H groups in total. The van der Waals surface area contributed by atoms with E-state index in [-0.39, 0.29) is 36.1 Å². The highest BCUT2D eigenvalue weighted by molar-refractivity contribution is 7.90. The van der Waals surface area contributed by atoms with Gasteiger partial charge in [-0.3, -0.25) is 19.3 Å². The number of sulfonamides is 1. The number of carbonyl (C=O) groups excluding carboxylic acids is 2. The molecule has 0 aliphatic carbocycles. The third kappa shape index (κ3) is 5.10. The van der Waals surface area contributed by atoms with E-state index in [0.29, 0.717) is 21.3 Å². The number of likely N-dealkylation sites (N-methyl/N-ethyl adjacent to an activating group) is 1. The zero-order valence-electron chi connectivity index (χ0n) is 15.9. The second-order valence-electron chi connectivity index (χ2n) is 6.51. The first-order valence-electron chi connectivity index (χ1n) is 8.83. The fraction of sp³-hybridized carbons (Fsp3) is 0.211. The summed E-state index contributed by atoms with van der Waals surface area (Å²) in [6, 6.07) is 11.1. The second kappa shape index (κ2) is 9.03. The molecule has 11 heteroatoms. The SMILES string of the molecule is CN(CC(=O)Nc1ccc(Cl)c(Cl)c1)C(=O)CCN=C1NS(=O)(=O)c2ccccc21. The number of nitrogens with zero attached hydrogens (tertiary/aromatic N) is 2. The maximum absolute atomic E-state index is 12.3. The van der Waals surface area contributed by atoms with E-state index in [4.69, 9.17) is 23.2 Å². The third-order valence-corrected chi connectivity index (χ3v) is 6.40. The first-order chi connectivity index (χ1) is 14.2. The molecule has 30 heavy (non-hydrogen) atoms. The number of hydrogen-bond donors (Lipinski definition) is 2. The summed E-state index contributed by atoms with van der Waals surface area (Å²) in [5.41, 5.74) is 0.938. The minimum Gasteiger partial charge on any atom is -0.336 e. The van der Waals surface area contributed by atoms with Gasteiger partial charge in [0.15, 0.2) is 0 Å². The maximum atomic E-state index is 12.3. The van der Waals surface area contributed by atoms with E-state index in [1.165, 1.54) is 24.1 Å². The van der Waals surface area contributed by atoms with E-state index in [0.717, 1.165) is 0 Å². The number of nitrogens with one attached hydrogen (secondary N) is 2. The molecule has 0 atom stereocenters. The van der Waals surface area contributed by atoms with Crippen molar-refractivity contribution < 1.29 is 18.0 Å². The number of fused-ring (bicyclic) bond motifs is 1. The topological polar surface area (TPSA) is 108 Å². The van der Waals surface area contributed by atoms with E-state index in [1.807, 2.05) is 0 Å². The summed E-state index contributed by atoms with van der Waals surface area (Å²) in [6.07, 6.45) is 0.0178. The Bertz CT molecular complexity index is 1140. The van der Waals surface area contributed by atoms with E-state index >= 15 is 0 Å². The van der Waals surface area contributed by atoms with Gasteiger partial charge >= 0.3 is 0 Å². The number of benzene rings is 2. The van der Waals surface area contributed by atoms with Crippen molar-refractivity contribution in [1.29, 1.82) is 0 Å².